The minimum atomic E-state index is 0.200. The van der Waals surface area contributed by atoms with Crippen molar-refractivity contribution in [3.63, 3.8) is 0 Å². The fraction of sp³-hybridized carbons (Fsp3) is 1.00. The van der Waals surface area contributed by atoms with E-state index in [2.05, 4.69) is 38.3 Å². The van der Waals surface area contributed by atoms with Gasteiger partial charge in [0.1, 0.15) is 0 Å². The van der Waals surface area contributed by atoms with Crippen LogP contribution in [0.5, 0.6) is 0 Å². The molecule has 21 heavy (non-hydrogen) atoms. The van der Waals surface area contributed by atoms with Gasteiger partial charge in [0, 0.05) is 12.1 Å². The third-order valence-electron chi connectivity index (χ3n) is 5.48. The SMILES string of the molecule is CC(C)NC1(NC(C)C)CCC(CC2CCCCC2)CC1. The zero-order chi connectivity index (χ0) is 15.3. The Hall–Kier alpha value is -0.0800. The maximum Gasteiger partial charge on any atom is 0.0691 e. The van der Waals surface area contributed by atoms with Gasteiger partial charge in [0.25, 0.3) is 0 Å². The maximum absolute atomic E-state index is 3.84. The fourth-order valence-electron chi connectivity index (χ4n) is 4.74. The highest BCUT2D eigenvalue weighted by molar-refractivity contribution is 4.93. The number of hydrogen-bond donors (Lipinski definition) is 2. The number of hydrogen-bond acceptors (Lipinski definition) is 2. The molecule has 124 valence electrons. The third kappa shape index (κ3) is 5.56. The largest absolute Gasteiger partial charge is 0.297 e. The Kier molecular flexibility index (Phi) is 6.55. The van der Waals surface area contributed by atoms with Gasteiger partial charge < -0.3 is 0 Å². The highest BCUT2D eigenvalue weighted by atomic mass is 15.2. The van der Waals surface area contributed by atoms with Gasteiger partial charge >= 0.3 is 0 Å². The van der Waals surface area contributed by atoms with Crippen LogP contribution in [0.1, 0.15) is 91.9 Å². The number of rotatable bonds is 6. The third-order valence-corrected chi connectivity index (χ3v) is 5.48. The van der Waals surface area contributed by atoms with Gasteiger partial charge in [0.05, 0.1) is 5.66 Å². The minimum Gasteiger partial charge on any atom is -0.297 e. The Bertz CT molecular complexity index is 272. The fourth-order valence-corrected chi connectivity index (χ4v) is 4.74. The molecule has 0 bridgehead atoms. The molecule has 0 atom stereocenters. The van der Waals surface area contributed by atoms with E-state index in [1.807, 2.05) is 0 Å². The van der Waals surface area contributed by atoms with Gasteiger partial charge in [-0.25, -0.2) is 0 Å². The van der Waals surface area contributed by atoms with Gasteiger partial charge in [-0.15, -0.1) is 0 Å². The predicted octanol–water partition coefficient (Wildman–Crippen LogP) is 4.84. The molecule has 2 N–H and O–H groups in total. The lowest BCUT2D eigenvalue weighted by Gasteiger charge is -2.45. The van der Waals surface area contributed by atoms with Crippen LogP contribution in [0.2, 0.25) is 0 Å². The molecule has 2 fully saturated rings. The van der Waals surface area contributed by atoms with E-state index >= 15 is 0 Å². The van der Waals surface area contributed by atoms with Gasteiger partial charge in [-0.1, -0.05) is 32.1 Å². The van der Waals surface area contributed by atoms with E-state index in [0.29, 0.717) is 12.1 Å². The summed E-state index contributed by atoms with van der Waals surface area (Å²) in [6, 6.07) is 1.12. The molecule has 0 aromatic rings. The summed E-state index contributed by atoms with van der Waals surface area (Å²) in [5, 5.41) is 7.68. The maximum atomic E-state index is 3.84. The molecule has 0 radical (unpaired) electrons. The van der Waals surface area contributed by atoms with Crippen LogP contribution in [0.3, 0.4) is 0 Å². The van der Waals surface area contributed by atoms with Crippen LogP contribution in [0.15, 0.2) is 0 Å². The Morgan fingerprint density at radius 3 is 1.71 bits per heavy atom. The minimum absolute atomic E-state index is 0.200. The molecular formula is C19H38N2. The van der Waals surface area contributed by atoms with Crippen LogP contribution in [-0.4, -0.2) is 17.7 Å². The lowest BCUT2D eigenvalue weighted by Crippen LogP contribution is -2.62. The van der Waals surface area contributed by atoms with E-state index in [4.69, 9.17) is 0 Å². The predicted molar refractivity (Wildman–Crippen MR) is 92.4 cm³/mol. The highest BCUT2D eigenvalue weighted by Gasteiger charge is 2.36. The van der Waals surface area contributed by atoms with E-state index in [1.165, 1.54) is 64.2 Å². The van der Waals surface area contributed by atoms with Gasteiger partial charge in [0.2, 0.25) is 0 Å². The average Bonchev–Trinajstić information content (AvgIpc) is 2.41. The van der Waals surface area contributed by atoms with Crippen molar-refractivity contribution in [1.29, 1.82) is 0 Å². The van der Waals surface area contributed by atoms with E-state index in [9.17, 15) is 0 Å². The van der Waals surface area contributed by atoms with Crippen molar-refractivity contribution in [1.82, 2.24) is 10.6 Å². The van der Waals surface area contributed by atoms with Crippen molar-refractivity contribution < 1.29 is 0 Å². The lowest BCUT2D eigenvalue weighted by atomic mass is 9.74. The molecule has 2 nitrogen and oxygen atoms in total. The van der Waals surface area contributed by atoms with E-state index < -0.39 is 0 Å². The van der Waals surface area contributed by atoms with E-state index in [-0.39, 0.29) is 5.66 Å². The van der Waals surface area contributed by atoms with Crippen LogP contribution in [0.4, 0.5) is 0 Å². The zero-order valence-electron chi connectivity index (χ0n) is 14.9. The first-order valence-corrected chi connectivity index (χ1v) is 9.54. The normalized spacial score (nSPS) is 24.9. The highest BCUT2D eigenvalue weighted by Crippen LogP contribution is 2.38. The molecule has 2 saturated carbocycles. The standard InChI is InChI=1S/C19H38N2/c1-15(2)20-19(21-16(3)4)12-10-18(11-13-19)14-17-8-6-5-7-9-17/h15-18,20-21H,5-14H2,1-4H3. The lowest BCUT2D eigenvalue weighted by molar-refractivity contribution is 0.113. The smallest absolute Gasteiger partial charge is 0.0691 e. The molecule has 2 heteroatoms. The Morgan fingerprint density at radius 2 is 1.24 bits per heavy atom. The molecule has 0 saturated heterocycles. The first-order valence-electron chi connectivity index (χ1n) is 9.54. The van der Waals surface area contributed by atoms with E-state index in [1.54, 1.807) is 0 Å². The monoisotopic (exact) mass is 294 g/mol. The average molecular weight is 295 g/mol. The Labute approximate surface area is 132 Å². The molecule has 0 aromatic heterocycles. The topological polar surface area (TPSA) is 24.1 Å². The van der Waals surface area contributed by atoms with E-state index in [0.717, 1.165) is 11.8 Å². The van der Waals surface area contributed by atoms with Gasteiger partial charge in [-0.05, 0) is 71.6 Å². The second-order valence-electron chi connectivity index (χ2n) is 8.36. The van der Waals surface area contributed by atoms with Crippen LogP contribution in [0, 0.1) is 11.8 Å². The molecule has 0 aromatic carbocycles. The van der Waals surface area contributed by atoms with Gasteiger partial charge in [-0.2, -0.15) is 0 Å². The molecule has 0 amide bonds. The number of nitrogens with one attached hydrogen (secondary N) is 2. The summed E-state index contributed by atoms with van der Waals surface area (Å²) in [5.41, 5.74) is 0.200. The van der Waals surface area contributed by atoms with Crippen molar-refractivity contribution in [3.8, 4) is 0 Å². The molecule has 2 aliphatic rings. The van der Waals surface area contributed by atoms with Crippen LogP contribution in [-0.2, 0) is 0 Å². The van der Waals surface area contributed by atoms with Crippen LogP contribution >= 0.6 is 0 Å². The molecule has 0 heterocycles. The second kappa shape index (κ2) is 7.97. The van der Waals surface area contributed by atoms with Crippen LogP contribution < -0.4 is 10.6 Å². The van der Waals surface area contributed by atoms with Crippen molar-refractivity contribution in [2.45, 2.75) is 110 Å². The Morgan fingerprint density at radius 1 is 0.762 bits per heavy atom. The van der Waals surface area contributed by atoms with Crippen molar-refractivity contribution in [2.24, 2.45) is 11.8 Å². The summed E-state index contributed by atoms with van der Waals surface area (Å²) < 4.78 is 0. The van der Waals surface area contributed by atoms with Crippen molar-refractivity contribution in [3.05, 3.63) is 0 Å². The summed E-state index contributed by atoms with van der Waals surface area (Å²) >= 11 is 0. The summed E-state index contributed by atoms with van der Waals surface area (Å²) in [6.07, 6.45) is 14.4. The van der Waals surface area contributed by atoms with Gasteiger partial charge in [-0.3, -0.25) is 10.6 Å². The summed E-state index contributed by atoms with van der Waals surface area (Å²) in [5.74, 6) is 2.04. The zero-order valence-corrected chi connectivity index (χ0v) is 14.9. The summed E-state index contributed by atoms with van der Waals surface area (Å²) in [7, 11) is 0. The van der Waals surface area contributed by atoms with Crippen molar-refractivity contribution in [2.75, 3.05) is 0 Å². The Balaban J connectivity index is 1.83. The second-order valence-corrected chi connectivity index (χ2v) is 8.36. The first-order chi connectivity index (χ1) is 9.99. The quantitative estimate of drug-likeness (QED) is 0.685. The summed E-state index contributed by atoms with van der Waals surface area (Å²) in [4.78, 5) is 0. The molecule has 0 unspecified atom stereocenters. The van der Waals surface area contributed by atoms with Gasteiger partial charge in [0.15, 0.2) is 0 Å². The molecule has 0 spiro atoms. The summed E-state index contributed by atoms with van der Waals surface area (Å²) in [6.45, 7) is 9.10. The molecule has 0 aliphatic heterocycles. The van der Waals surface area contributed by atoms with Crippen LogP contribution in [0.25, 0.3) is 0 Å². The molecule has 2 aliphatic carbocycles. The first kappa shape index (κ1) is 17.3. The van der Waals surface area contributed by atoms with Crippen molar-refractivity contribution >= 4 is 0 Å². The molecule has 2 rings (SSSR count). The molecular weight excluding hydrogens is 256 g/mol.